The van der Waals surface area contributed by atoms with Gasteiger partial charge in [0.05, 0.1) is 17.6 Å². The SMILES string of the molecule is CC(C)c1ncc(-c2ccc(-c3ccc4c5c(ccc4c3)-c3nc(C(C)C)[nH]c3CC5)cc2F)[nH]1. The molecule has 2 N–H and O–H groups in total. The Bertz CT molecular complexity index is 1570. The number of aromatic amines is 2. The molecule has 0 amide bonds. The fourth-order valence-corrected chi connectivity index (χ4v) is 5.10. The molecule has 4 nitrogen and oxygen atoms in total. The van der Waals surface area contributed by atoms with Crippen LogP contribution in [0.1, 0.15) is 62.4 Å². The van der Waals surface area contributed by atoms with E-state index < -0.39 is 0 Å². The van der Waals surface area contributed by atoms with Gasteiger partial charge in [0, 0.05) is 28.7 Å². The number of imidazole rings is 2. The summed E-state index contributed by atoms with van der Waals surface area (Å²) < 4.78 is 15.1. The van der Waals surface area contributed by atoms with Crippen LogP contribution in [-0.2, 0) is 12.8 Å². The van der Waals surface area contributed by atoms with Crippen molar-refractivity contribution < 1.29 is 4.39 Å². The van der Waals surface area contributed by atoms with E-state index in [1.807, 2.05) is 12.1 Å². The van der Waals surface area contributed by atoms with Gasteiger partial charge in [0.15, 0.2) is 0 Å². The summed E-state index contributed by atoms with van der Waals surface area (Å²) in [7, 11) is 0. The Balaban J connectivity index is 1.36. The fourth-order valence-electron chi connectivity index (χ4n) is 5.10. The van der Waals surface area contributed by atoms with Gasteiger partial charge < -0.3 is 9.97 Å². The van der Waals surface area contributed by atoms with Gasteiger partial charge in [-0.2, -0.15) is 0 Å². The van der Waals surface area contributed by atoms with Crippen molar-refractivity contribution in [1.82, 2.24) is 19.9 Å². The first-order valence-corrected chi connectivity index (χ1v) is 12.4. The maximum Gasteiger partial charge on any atom is 0.133 e. The maximum absolute atomic E-state index is 15.1. The van der Waals surface area contributed by atoms with Gasteiger partial charge >= 0.3 is 0 Å². The minimum Gasteiger partial charge on any atom is -0.345 e. The number of aryl methyl sites for hydroxylation is 2. The number of benzene rings is 3. The Labute approximate surface area is 204 Å². The summed E-state index contributed by atoms with van der Waals surface area (Å²) in [4.78, 5) is 16.1. The molecule has 0 spiro atoms. The first-order valence-electron chi connectivity index (χ1n) is 12.4. The number of aromatic nitrogens is 4. The number of halogens is 1. The summed E-state index contributed by atoms with van der Waals surface area (Å²) in [6.45, 7) is 8.46. The Hall–Kier alpha value is -3.73. The standard InChI is InChI=1S/C30H29FN4/c1-16(2)29-32-15-27(34-29)24-10-6-19(14-25(24)31)18-5-8-21-20(13-18)7-9-23-22(21)11-12-26-28(23)35-30(33-26)17(3)4/h5-10,13-17H,11-12H2,1-4H3,(H,32,34)(H,33,35). The van der Waals surface area contributed by atoms with Gasteiger partial charge in [-0.05, 0) is 58.5 Å². The smallest absolute Gasteiger partial charge is 0.133 e. The molecule has 6 rings (SSSR count). The van der Waals surface area contributed by atoms with Crippen LogP contribution in [0.25, 0.3) is 44.4 Å². The first kappa shape index (κ1) is 21.8. The number of hydrogen-bond acceptors (Lipinski definition) is 2. The van der Waals surface area contributed by atoms with Gasteiger partial charge in [0.25, 0.3) is 0 Å². The van der Waals surface area contributed by atoms with E-state index in [-0.39, 0.29) is 11.7 Å². The molecule has 5 aromatic rings. The lowest BCUT2D eigenvalue weighted by Gasteiger charge is -2.18. The molecule has 176 valence electrons. The van der Waals surface area contributed by atoms with Gasteiger partial charge in [-0.25, -0.2) is 14.4 Å². The van der Waals surface area contributed by atoms with Crippen LogP contribution in [0.2, 0.25) is 0 Å². The molecule has 3 aromatic carbocycles. The van der Waals surface area contributed by atoms with E-state index in [0.29, 0.717) is 17.2 Å². The summed E-state index contributed by atoms with van der Waals surface area (Å²) in [5.41, 5.74) is 8.04. The quantitative estimate of drug-likeness (QED) is 0.285. The lowest BCUT2D eigenvalue weighted by molar-refractivity contribution is 0.631. The number of nitrogens with zero attached hydrogens (tertiary/aromatic N) is 2. The highest BCUT2D eigenvalue weighted by Gasteiger charge is 2.23. The predicted molar refractivity (Wildman–Crippen MR) is 140 cm³/mol. The minimum absolute atomic E-state index is 0.251. The van der Waals surface area contributed by atoms with Crippen LogP contribution < -0.4 is 0 Å². The van der Waals surface area contributed by atoms with Crippen LogP contribution in [-0.4, -0.2) is 19.9 Å². The van der Waals surface area contributed by atoms with Gasteiger partial charge in [0.1, 0.15) is 17.5 Å². The maximum atomic E-state index is 15.1. The molecule has 0 atom stereocenters. The molecular weight excluding hydrogens is 435 g/mol. The monoisotopic (exact) mass is 464 g/mol. The Morgan fingerprint density at radius 2 is 1.54 bits per heavy atom. The van der Waals surface area contributed by atoms with E-state index in [0.717, 1.165) is 41.3 Å². The van der Waals surface area contributed by atoms with Crippen LogP contribution in [0.15, 0.2) is 54.7 Å². The molecule has 1 aliphatic rings. The Kier molecular flexibility index (Phi) is 5.10. The largest absolute Gasteiger partial charge is 0.345 e. The lowest BCUT2D eigenvalue weighted by Crippen LogP contribution is -2.04. The van der Waals surface area contributed by atoms with Crippen LogP contribution in [0, 0.1) is 5.82 Å². The molecule has 0 bridgehead atoms. The molecule has 5 heteroatoms. The summed E-state index contributed by atoms with van der Waals surface area (Å²) in [6, 6.07) is 16.2. The third-order valence-corrected chi connectivity index (χ3v) is 7.09. The summed E-state index contributed by atoms with van der Waals surface area (Å²) in [5, 5.41) is 2.42. The van der Waals surface area contributed by atoms with E-state index in [1.165, 1.54) is 27.6 Å². The number of hydrogen-bond donors (Lipinski definition) is 2. The van der Waals surface area contributed by atoms with Crippen LogP contribution in [0.5, 0.6) is 0 Å². The minimum atomic E-state index is -0.251. The zero-order valence-electron chi connectivity index (χ0n) is 20.5. The first-order chi connectivity index (χ1) is 16.9. The molecule has 35 heavy (non-hydrogen) atoms. The summed E-state index contributed by atoms with van der Waals surface area (Å²) in [5.74, 6) is 2.32. The highest BCUT2D eigenvalue weighted by Crippen LogP contribution is 2.38. The fraction of sp³-hybridized carbons (Fsp3) is 0.267. The second-order valence-electron chi connectivity index (χ2n) is 10.2. The van der Waals surface area contributed by atoms with E-state index >= 15 is 4.39 Å². The lowest BCUT2D eigenvalue weighted by atomic mass is 9.87. The Morgan fingerprint density at radius 3 is 2.29 bits per heavy atom. The van der Waals surface area contributed by atoms with Crippen molar-refractivity contribution in [2.75, 3.05) is 0 Å². The van der Waals surface area contributed by atoms with Gasteiger partial charge in [-0.15, -0.1) is 0 Å². The number of rotatable bonds is 4. The van der Waals surface area contributed by atoms with Crippen molar-refractivity contribution in [2.24, 2.45) is 0 Å². The molecule has 0 unspecified atom stereocenters. The zero-order chi connectivity index (χ0) is 24.3. The normalized spacial score (nSPS) is 13.0. The topological polar surface area (TPSA) is 57.4 Å². The van der Waals surface area contributed by atoms with Crippen molar-refractivity contribution in [3.63, 3.8) is 0 Å². The molecule has 0 aliphatic heterocycles. The van der Waals surface area contributed by atoms with Gasteiger partial charge in [0.2, 0.25) is 0 Å². The molecule has 0 fully saturated rings. The van der Waals surface area contributed by atoms with Crippen molar-refractivity contribution >= 4 is 10.8 Å². The van der Waals surface area contributed by atoms with Crippen molar-refractivity contribution in [1.29, 1.82) is 0 Å². The van der Waals surface area contributed by atoms with Crippen molar-refractivity contribution in [3.05, 3.63) is 83.5 Å². The number of H-pyrrole nitrogens is 2. The van der Waals surface area contributed by atoms with E-state index in [1.54, 1.807) is 12.3 Å². The summed E-state index contributed by atoms with van der Waals surface area (Å²) in [6.07, 6.45) is 3.67. The molecule has 2 heterocycles. The average molecular weight is 465 g/mol. The number of nitrogens with one attached hydrogen (secondary N) is 2. The second-order valence-corrected chi connectivity index (χ2v) is 10.2. The third kappa shape index (κ3) is 3.66. The molecular formula is C30H29FN4. The molecule has 0 saturated heterocycles. The summed E-state index contributed by atoms with van der Waals surface area (Å²) >= 11 is 0. The van der Waals surface area contributed by atoms with Crippen LogP contribution >= 0.6 is 0 Å². The second kappa shape index (κ2) is 8.19. The van der Waals surface area contributed by atoms with Gasteiger partial charge in [-0.3, -0.25) is 0 Å². The predicted octanol–water partition coefficient (Wildman–Crippen LogP) is 7.77. The van der Waals surface area contributed by atoms with Crippen LogP contribution in [0.4, 0.5) is 4.39 Å². The Morgan fingerprint density at radius 1 is 0.800 bits per heavy atom. The van der Waals surface area contributed by atoms with Gasteiger partial charge in [-0.1, -0.05) is 58.0 Å². The molecule has 0 radical (unpaired) electrons. The van der Waals surface area contributed by atoms with E-state index in [4.69, 9.17) is 4.98 Å². The van der Waals surface area contributed by atoms with E-state index in [9.17, 15) is 0 Å². The molecule has 0 saturated carbocycles. The third-order valence-electron chi connectivity index (χ3n) is 7.09. The molecule has 2 aromatic heterocycles. The highest BCUT2D eigenvalue weighted by atomic mass is 19.1. The van der Waals surface area contributed by atoms with Crippen LogP contribution in [0.3, 0.4) is 0 Å². The average Bonchev–Trinajstić information content (AvgIpc) is 3.51. The number of fused-ring (bicyclic) bond motifs is 5. The zero-order valence-corrected chi connectivity index (χ0v) is 20.5. The van der Waals surface area contributed by atoms with Crippen molar-refractivity contribution in [2.45, 2.75) is 52.4 Å². The molecule has 1 aliphatic carbocycles. The highest BCUT2D eigenvalue weighted by molar-refractivity contribution is 5.95. The van der Waals surface area contributed by atoms with Crippen molar-refractivity contribution in [3.8, 4) is 33.6 Å². The van der Waals surface area contributed by atoms with E-state index in [2.05, 4.69) is 73.0 Å².